The second-order valence-electron chi connectivity index (χ2n) is 7.70. The largest absolute Gasteiger partial charge is 0.355 e. The van der Waals surface area contributed by atoms with Gasteiger partial charge in [0.05, 0.1) is 16.9 Å². The van der Waals surface area contributed by atoms with Crippen LogP contribution in [0.3, 0.4) is 0 Å². The predicted molar refractivity (Wildman–Crippen MR) is 129 cm³/mol. The van der Waals surface area contributed by atoms with Crippen LogP contribution in [0.25, 0.3) is 0 Å². The van der Waals surface area contributed by atoms with Crippen molar-refractivity contribution in [1.29, 1.82) is 0 Å². The van der Waals surface area contributed by atoms with Crippen molar-refractivity contribution in [3.05, 3.63) is 45.7 Å². The monoisotopic (exact) mass is 455 g/mol. The van der Waals surface area contributed by atoms with Crippen molar-refractivity contribution in [1.82, 2.24) is 15.0 Å². The summed E-state index contributed by atoms with van der Waals surface area (Å²) in [4.78, 5) is 28.6. The molecule has 0 aliphatic carbocycles. The quantitative estimate of drug-likeness (QED) is 0.505. The zero-order chi connectivity index (χ0) is 22.1. The molecule has 3 heterocycles. The number of nitrogens with one attached hydrogen (secondary N) is 2. The van der Waals surface area contributed by atoms with Gasteiger partial charge in [-0.15, -0.1) is 0 Å². The molecule has 2 aromatic heterocycles. The van der Waals surface area contributed by atoms with E-state index in [0.29, 0.717) is 32.4 Å². The highest BCUT2D eigenvalue weighted by atomic mass is 35.5. The molecule has 1 aliphatic heterocycles. The minimum Gasteiger partial charge on any atom is -0.355 e. The number of hydrogen-bond acceptors (Lipinski definition) is 8. The maximum atomic E-state index is 12.7. The summed E-state index contributed by atoms with van der Waals surface area (Å²) in [5, 5.41) is 7.15. The van der Waals surface area contributed by atoms with E-state index in [9.17, 15) is 4.79 Å². The van der Waals surface area contributed by atoms with Crippen molar-refractivity contribution < 1.29 is 4.79 Å². The highest BCUT2D eigenvalue weighted by molar-refractivity contribution is 7.17. The molecule has 1 saturated heterocycles. The average Bonchev–Trinajstić information content (AvgIpc) is 3.33. The molecule has 11 heteroatoms. The van der Waals surface area contributed by atoms with Crippen LogP contribution in [0.4, 0.5) is 22.5 Å². The Hall–Kier alpha value is -2.69. The second kappa shape index (κ2) is 8.82. The third-order valence-corrected chi connectivity index (χ3v) is 6.22. The van der Waals surface area contributed by atoms with E-state index in [4.69, 9.17) is 17.3 Å². The first-order valence-corrected chi connectivity index (χ1v) is 11.1. The summed E-state index contributed by atoms with van der Waals surface area (Å²) in [5.74, 6) is 1.85. The number of aromatic nitrogens is 3. The number of nitrogens with two attached hydrogens (primary N) is 1. The highest BCUT2D eigenvalue weighted by Crippen LogP contribution is 2.28. The summed E-state index contributed by atoms with van der Waals surface area (Å²) in [6.45, 7) is 5.41. The van der Waals surface area contributed by atoms with Gasteiger partial charge >= 0.3 is 0 Å². The van der Waals surface area contributed by atoms with Gasteiger partial charge in [-0.1, -0.05) is 34.5 Å². The van der Waals surface area contributed by atoms with E-state index in [1.54, 1.807) is 0 Å². The second-order valence-corrected chi connectivity index (χ2v) is 9.14. The molecule has 160 valence electrons. The fourth-order valence-electron chi connectivity index (χ4n) is 3.57. The molecule has 1 fully saturated rings. The van der Waals surface area contributed by atoms with Crippen LogP contribution in [0, 0.1) is 13.8 Å². The summed E-state index contributed by atoms with van der Waals surface area (Å²) in [6.07, 6.45) is 2.48. The summed E-state index contributed by atoms with van der Waals surface area (Å²) in [7, 11) is 1.96. The fraction of sp³-hybridized carbons (Fsp3) is 0.300. The van der Waals surface area contributed by atoms with Crippen LogP contribution in [0.1, 0.15) is 27.5 Å². The van der Waals surface area contributed by atoms with Gasteiger partial charge in [-0.05, 0) is 31.9 Å². The van der Waals surface area contributed by atoms with Crippen LogP contribution in [-0.2, 0) is 0 Å². The zero-order valence-corrected chi connectivity index (χ0v) is 19.1. The molecule has 8 nitrogen and oxygen atoms in total. The molecular weight excluding hydrogens is 433 g/mol. The first kappa shape index (κ1) is 21.5. The SMILES string of the molecule is Bc1cc(C)c(NC(=O)c2cnc(Nc3cc(N4CC[C@H](N)C4)nc(C)n3)s2)c(Cl)c1. The van der Waals surface area contributed by atoms with E-state index < -0.39 is 0 Å². The highest BCUT2D eigenvalue weighted by Gasteiger charge is 2.21. The third kappa shape index (κ3) is 4.98. The number of carbonyl (C=O) groups excluding carboxylic acids is 1. The number of thiazole rings is 1. The molecule has 1 aliphatic rings. The number of amides is 1. The molecular formula is C20H23BClN7OS. The van der Waals surface area contributed by atoms with Crippen molar-refractivity contribution in [2.75, 3.05) is 28.6 Å². The van der Waals surface area contributed by atoms with E-state index in [1.807, 2.05) is 39.9 Å². The van der Waals surface area contributed by atoms with Gasteiger partial charge in [-0.2, -0.15) is 0 Å². The van der Waals surface area contributed by atoms with E-state index in [2.05, 4.69) is 30.5 Å². The van der Waals surface area contributed by atoms with Crippen LogP contribution in [0.2, 0.25) is 5.02 Å². The van der Waals surface area contributed by atoms with Crippen molar-refractivity contribution in [3.8, 4) is 0 Å². The smallest absolute Gasteiger partial charge is 0.267 e. The Morgan fingerprint density at radius 1 is 1.32 bits per heavy atom. The lowest BCUT2D eigenvalue weighted by molar-refractivity contribution is 0.103. The van der Waals surface area contributed by atoms with Crippen LogP contribution in [-0.4, -0.2) is 47.8 Å². The summed E-state index contributed by atoms with van der Waals surface area (Å²) >= 11 is 7.55. The number of halogens is 1. The van der Waals surface area contributed by atoms with Crippen LogP contribution >= 0.6 is 22.9 Å². The molecule has 0 bridgehead atoms. The molecule has 4 rings (SSSR count). The minimum absolute atomic E-state index is 0.164. The van der Waals surface area contributed by atoms with Crippen LogP contribution < -0.4 is 26.7 Å². The molecule has 1 atom stereocenters. The van der Waals surface area contributed by atoms with Gasteiger partial charge in [0.25, 0.3) is 5.91 Å². The average molecular weight is 456 g/mol. The Morgan fingerprint density at radius 2 is 2.13 bits per heavy atom. The normalized spacial score (nSPS) is 15.9. The predicted octanol–water partition coefficient (Wildman–Crippen LogP) is 2.00. The number of rotatable bonds is 5. The van der Waals surface area contributed by atoms with Crippen molar-refractivity contribution in [3.63, 3.8) is 0 Å². The molecule has 0 spiro atoms. The van der Waals surface area contributed by atoms with E-state index in [-0.39, 0.29) is 11.9 Å². The number of nitrogens with zero attached hydrogens (tertiary/aromatic N) is 4. The van der Waals surface area contributed by atoms with Gasteiger partial charge in [-0.25, -0.2) is 15.0 Å². The number of benzene rings is 1. The first-order chi connectivity index (χ1) is 14.8. The first-order valence-electron chi connectivity index (χ1n) is 9.95. The van der Waals surface area contributed by atoms with Crippen LogP contribution in [0.5, 0.6) is 0 Å². The Balaban J connectivity index is 1.48. The van der Waals surface area contributed by atoms with Crippen LogP contribution in [0.15, 0.2) is 24.4 Å². The lowest BCUT2D eigenvalue weighted by Gasteiger charge is -2.18. The number of hydrogen-bond donors (Lipinski definition) is 3. The molecule has 0 saturated carbocycles. The van der Waals surface area contributed by atoms with Crippen molar-refractivity contribution >= 4 is 64.6 Å². The summed E-state index contributed by atoms with van der Waals surface area (Å²) in [5.41, 5.74) is 8.58. The van der Waals surface area contributed by atoms with Gasteiger partial charge in [0.15, 0.2) is 5.13 Å². The van der Waals surface area contributed by atoms with Gasteiger partial charge in [0.2, 0.25) is 0 Å². The van der Waals surface area contributed by atoms with Gasteiger partial charge < -0.3 is 21.3 Å². The number of carbonyl (C=O) groups is 1. The van der Waals surface area contributed by atoms with E-state index in [1.165, 1.54) is 17.5 Å². The van der Waals surface area contributed by atoms with Crippen molar-refractivity contribution in [2.45, 2.75) is 26.3 Å². The number of anilines is 4. The maximum absolute atomic E-state index is 12.7. The number of aryl methyl sites for hydroxylation is 2. The van der Waals surface area contributed by atoms with Gasteiger partial charge in [0.1, 0.15) is 30.2 Å². The maximum Gasteiger partial charge on any atom is 0.267 e. The molecule has 1 amide bonds. The molecule has 4 N–H and O–H groups in total. The third-order valence-electron chi connectivity index (χ3n) is 5.01. The van der Waals surface area contributed by atoms with Crippen molar-refractivity contribution in [2.24, 2.45) is 5.73 Å². The minimum atomic E-state index is -0.259. The molecule has 3 aromatic rings. The molecule has 31 heavy (non-hydrogen) atoms. The summed E-state index contributed by atoms with van der Waals surface area (Å²) in [6, 6.07) is 5.84. The lowest BCUT2D eigenvalue weighted by atomic mass is 9.94. The molecule has 1 aromatic carbocycles. The Bertz CT molecular complexity index is 1120. The fourth-order valence-corrected chi connectivity index (χ4v) is 4.66. The topological polar surface area (TPSA) is 109 Å². The van der Waals surface area contributed by atoms with Gasteiger partial charge in [-0.3, -0.25) is 4.79 Å². The Morgan fingerprint density at radius 3 is 2.84 bits per heavy atom. The Kier molecular flexibility index (Phi) is 6.13. The zero-order valence-electron chi connectivity index (χ0n) is 17.6. The Labute approximate surface area is 190 Å². The lowest BCUT2D eigenvalue weighted by Crippen LogP contribution is -2.27. The van der Waals surface area contributed by atoms with E-state index >= 15 is 0 Å². The molecule has 0 radical (unpaired) electrons. The standard InChI is InChI=1S/C20H23BClN7OS/c1-10-5-12(21)6-14(22)18(10)28-19(30)15-8-24-20(31-15)27-16-7-17(26-11(2)25-16)29-4-3-13(23)9-29/h5-8,13H,3-4,9,21,23H2,1-2H3,(H,28,30)(H,24,25,26,27)/t13-/m0/s1. The van der Waals surface area contributed by atoms with Gasteiger partial charge in [0, 0.05) is 25.2 Å². The molecule has 0 unspecified atom stereocenters. The summed E-state index contributed by atoms with van der Waals surface area (Å²) < 4.78 is 0. The van der Waals surface area contributed by atoms with E-state index in [0.717, 1.165) is 36.4 Å².